The molecule has 5 heteroatoms. The van der Waals surface area contributed by atoms with Crippen LogP contribution in [0.25, 0.3) is 0 Å². The van der Waals surface area contributed by atoms with Crippen LogP contribution >= 0.6 is 11.5 Å². The molecule has 1 aliphatic carbocycles. The van der Waals surface area contributed by atoms with Gasteiger partial charge in [-0.3, -0.25) is 4.98 Å². The maximum Gasteiger partial charge on any atom is 0.202 e. The van der Waals surface area contributed by atoms with Crippen molar-refractivity contribution in [2.24, 2.45) is 0 Å². The zero-order chi connectivity index (χ0) is 12.4. The summed E-state index contributed by atoms with van der Waals surface area (Å²) in [6, 6.07) is 4.20. The van der Waals surface area contributed by atoms with Crippen molar-refractivity contribution in [3.05, 3.63) is 35.4 Å². The standard InChI is InChI=1S/C13H16N4S/c1-2-11-16-13(18-17-11)15-8-10-6-5-9-4-3-7-14-12(9)10/h3-4,7,10H,2,5-6,8H2,1H3,(H,15,16,17)/t10-/m1/s1. The lowest BCUT2D eigenvalue weighted by atomic mass is 10.1. The zero-order valence-corrected chi connectivity index (χ0v) is 11.2. The summed E-state index contributed by atoms with van der Waals surface area (Å²) in [7, 11) is 0. The molecule has 0 amide bonds. The highest BCUT2D eigenvalue weighted by Gasteiger charge is 2.23. The van der Waals surface area contributed by atoms with Gasteiger partial charge in [0, 0.05) is 42.3 Å². The largest absolute Gasteiger partial charge is 0.360 e. The van der Waals surface area contributed by atoms with Crippen LogP contribution in [-0.2, 0) is 12.8 Å². The van der Waals surface area contributed by atoms with Gasteiger partial charge in [-0.2, -0.15) is 4.37 Å². The smallest absolute Gasteiger partial charge is 0.202 e. The Labute approximate surface area is 111 Å². The highest BCUT2D eigenvalue weighted by Crippen LogP contribution is 2.31. The second-order valence-electron chi connectivity index (χ2n) is 4.53. The number of aryl methyl sites for hydroxylation is 2. The van der Waals surface area contributed by atoms with Crippen LogP contribution in [0, 0.1) is 0 Å². The van der Waals surface area contributed by atoms with E-state index < -0.39 is 0 Å². The van der Waals surface area contributed by atoms with E-state index in [-0.39, 0.29) is 0 Å². The normalized spacial score (nSPS) is 17.7. The van der Waals surface area contributed by atoms with Gasteiger partial charge >= 0.3 is 0 Å². The van der Waals surface area contributed by atoms with E-state index in [2.05, 4.69) is 32.6 Å². The number of nitrogens with zero attached hydrogens (tertiary/aromatic N) is 3. The molecule has 3 rings (SSSR count). The minimum Gasteiger partial charge on any atom is -0.360 e. The van der Waals surface area contributed by atoms with E-state index >= 15 is 0 Å². The Hall–Kier alpha value is -1.49. The van der Waals surface area contributed by atoms with Gasteiger partial charge in [0.05, 0.1) is 0 Å². The molecular formula is C13H16N4S. The summed E-state index contributed by atoms with van der Waals surface area (Å²) in [5.41, 5.74) is 2.65. The first-order valence-corrected chi connectivity index (χ1v) is 7.14. The van der Waals surface area contributed by atoms with E-state index in [4.69, 9.17) is 0 Å². The van der Waals surface area contributed by atoms with Gasteiger partial charge < -0.3 is 5.32 Å². The number of aromatic nitrogens is 3. The second kappa shape index (κ2) is 5.02. The summed E-state index contributed by atoms with van der Waals surface area (Å²) in [5, 5.41) is 4.31. The molecule has 0 unspecified atom stereocenters. The fraction of sp³-hybridized carbons (Fsp3) is 0.462. The Morgan fingerprint density at radius 1 is 1.50 bits per heavy atom. The van der Waals surface area contributed by atoms with Crippen LogP contribution in [0.2, 0.25) is 0 Å². The molecule has 2 aromatic heterocycles. The summed E-state index contributed by atoms with van der Waals surface area (Å²) >= 11 is 1.45. The minimum absolute atomic E-state index is 0.509. The highest BCUT2D eigenvalue weighted by atomic mass is 32.1. The van der Waals surface area contributed by atoms with Gasteiger partial charge in [0.25, 0.3) is 0 Å². The van der Waals surface area contributed by atoms with Crippen molar-refractivity contribution in [3.8, 4) is 0 Å². The third kappa shape index (κ3) is 2.22. The Kier molecular flexibility index (Phi) is 3.23. The second-order valence-corrected chi connectivity index (χ2v) is 5.29. The highest BCUT2D eigenvalue weighted by molar-refractivity contribution is 7.09. The van der Waals surface area contributed by atoms with Crippen LogP contribution in [0.3, 0.4) is 0 Å². The van der Waals surface area contributed by atoms with E-state index in [1.807, 2.05) is 12.3 Å². The molecule has 18 heavy (non-hydrogen) atoms. The molecule has 4 nitrogen and oxygen atoms in total. The number of anilines is 1. The average molecular weight is 260 g/mol. The Bertz CT molecular complexity index is 537. The molecule has 0 saturated heterocycles. The van der Waals surface area contributed by atoms with Gasteiger partial charge in [0.1, 0.15) is 5.82 Å². The lowest BCUT2D eigenvalue weighted by Gasteiger charge is -2.10. The maximum atomic E-state index is 4.50. The lowest BCUT2D eigenvalue weighted by molar-refractivity contribution is 0.694. The Balaban J connectivity index is 1.65. The molecule has 1 atom stereocenters. The fourth-order valence-electron chi connectivity index (χ4n) is 2.37. The molecule has 2 heterocycles. The van der Waals surface area contributed by atoms with Crippen LogP contribution in [-0.4, -0.2) is 20.9 Å². The molecule has 1 N–H and O–H groups in total. The quantitative estimate of drug-likeness (QED) is 0.918. The first-order valence-electron chi connectivity index (χ1n) is 6.37. The van der Waals surface area contributed by atoms with E-state index in [0.29, 0.717) is 5.92 Å². The lowest BCUT2D eigenvalue weighted by Crippen LogP contribution is -2.11. The average Bonchev–Trinajstić information content (AvgIpc) is 3.03. The molecule has 0 spiro atoms. The van der Waals surface area contributed by atoms with Gasteiger partial charge in [-0.1, -0.05) is 13.0 Å². The van der Waals surface area contributed by atoms with Crippen LogP contribution in [0.5, 0.6) is 0 Å². The first kappa shape index (κ1) is 11.6. The van der Waals surface area contributed by atoms with Crippen molar-refractivity contribution in [2.45, 2.75) is 32.1 Å². The summed E-state index contributed by atoms with van der Waals surface area (Å²) in [4.78, 5) is 8.92. The molecule has 2 aromatic rings. The SMILES string of the molecule is CCc1nsc(NC[C@H]2CCc3cccnc32)n1. The van der Waals surface area contributed by atoms with Crippen LogP contribution in [0.4, 0.5) is 5.13 Å². The Morgan fingerprint density at radius 2 is 2.44 bits per heavy atom. The summed E-state index contributed by atoms with van der Waals surface area (Å²) in [6.07, 6.45) is 5.11. The van der Waals surface area contributed by atoms with E-state index in [1.54, 1.807) is 0 Å². The summed E-state index contributed by atoms with van der Waals surface area (Å²) in [5.74, 6) is 1.43. The maximum absolute atomic E-state index is 4.50. The number of rotatable bonds is 4. The number of hydrogen-bond acceptors (Lipinski definition) is 5. The third-order valence-corrected chi connectivity index (χ3v) is 4.07. The molecule has 0 saturated carbocycles. The molecule has 0 fully saturated rings. The van der Waals surface area contributed by atoms with Crippen molar-refractivity contribution < 1.29 is 0 Å². The molecule has 0 aromatic carbocycles. The minimum atomic E-state index is 0.509. The molecule has 1 aliphatic rings. The molecule has 0 aliphatic heterocycles. The van der Waals surface area contributed by atoms with Gasteiger partial charge in [-0.05, 0) is 24.5 Å². The predicted molar refractivity (Wildman–Crippen MR) is 73.1 cm³/mol. The zero-order valence-electron chi connectivity index (χ0n) is 10.4. The number of nitrogens with one attached hydrogen (secondary N) is 1. The monoisotopic (exact) mass is 260 g/mol. The van der Waals surface area contributed by atoms with Crippen LogP contribution < -0.4 is 5.32 Å². The number of pyridine rings is 1. The third-order valence-electron chi connectivity index (χ3n) is 3.36. The predicted octanol–water partition coefficient (Wildman–Crippen LogP) is 2.64. The van der Waals surface area contributed by atoms with Crippen molar-refractivity contribution in [1.82, 2.24) is 14.3 Å². The molecular weight excluding hydrogens is 244 g/mol. The Morgan fingerprint density at radius 3 is 3.28 bits per heavy atom. The molecule has 94 valence electrons. The van der Waals surface area contributed by atoms with Gasteiger partial charge in [0.15, 0.2) is 0 Å². The first-order chi connectivity index (χ1) is 8.86. The summed E-state index contributed by atoms with van der Waals surface area (Å²) in [6.45, 7) is 2.98. The van der Waals surface area contributed by atoms with Gasteiger partial charge in [-0.15, -0.1) is 0 Å². The fourth-order valence-corrected chi connectivity index (χ4v) is 3.03. The summed E-state index contributed by atoms with van der Waals surface area (Å²) < 4.78 is 4.28. The van der Waals surface area contributed by atoms with Crippen molar-refractivity contribution in [2.75, 3.05) is 11.9 Å². The number of hydrogen-bond donors (Lipinski definition) is 1. The van der Waals surface area contributed by atoms with E-state index in [0.717, 1.165) is 30.3 Å². The van der Waals surface area contributed by atoms with Crippen LogP contribution in [0.1, 0.15) is 36.3 Å². The van der Waals surface area contributed by atoms with E-state index in [9.17, 15) is 0 Å². The topological polar surface area (TPSA) is 50.7 Å². The van der Waals surface area contributed by atoms with Crippen LogP contribution in [0.15, 0.2) is 18.3 Å². The van der Waals surface area contributed by atoms with Crippen molar-refractivity contribution in [1.29, 1.82) is 0 Å². The van der Waals surface area contributed by atoms with Gasteiger partial charge in [-0.25, -0.2) is 4.98 Å². The van der Waals surface area contributed by atoms with Gasteiger partial charge in [0.2, 0.25) is 5.13 Å². The van der Waals surface area contributed by atoms with Crippen molar-refractivity contribution >= 4 is 16.7 Å². The number of fused-ring (bicyclic) bond motifs is 1. The molecule has 0 bridgehead atoms. The van der Waals surface area contributed by atoms with Crippen molar-refractivity contribution in [3.63, 3.8) is 0 Å². The van der Waals surface area contributed by atoms with E-state index in [1.165, 1.54) is 29.2 Å². The molecule has 0 radical (unpaired) electrons.